The first-order valence-electron chi connectivity index (χ1n) is 5.64. The van der Waals surface area contributed by atoms with Crippen LogP contribution in [0.15, 0.2) is 28.2 Å². The molecule has 2 aromatic heterocycles. The molecule has 2 heterocycles. The zero-order chi connectivity index (χ0) is 13.4. The van der Waals surface area contributed by atoms with Crippen LogP contribution in [0, 0.1) is 5.82 Å². The molecule has 2 N–H and O–H groups in total. The highest BCUT2D eigenvalue weighted by atomic mass is 79.9. The Morgan fingerprint density at radius 2 is 2.26 bits per heavy atom. The van der Waals surface area contributed by atoms with Gasteiger partial charge in [-0.25, -0.2) is 14.4 Å². The number of nitrogen functional groups attached to an aromatic ring is 1. The second-order valence-corrected chi connectivity index (χ2v) is 5.89. The summed E-state index contributed by atoms with van der Waals surface area (Å²) in [5, 5.41) is 2.96. The summed E-state index contributed by atoms with van der Waals surface area (Å²) in [4.78, 5) is 8.46. The van der Waals surface area contributed by atoms with Crippen LogP contribution in [-0.2, 0) is 13.0 Å². The molecular formula is C12H10BrFN4S. The molecule has 0 atom stereocenters. The molecule has 3 aromatic rings. The lowest BCUT2D eigenvalue weighted by molar-refractivity contribution is 0.621. The molecule has 19 heavy (non-hydrogen) atoms. The fourth-order valence-corrected chi connectivity index (χ4v) is 2.90. The third kappa shape index (κ3) is 2.35. The van der Waals surface area contributed by atoms with Crippen LogP contribution in [0.25, 0.3) is 11.0 Å². The van der Waals surface area contributed by atoms with Crippen molar-refractivity contribution in [3.8, 4) is 0 Å². The van der Waals surface area contributed by atoms with E-state index < -0.39 is 0 Å². The van der Waals surface area contributed by atoms with E-state index in [0.717, 1.165) is 11.4 Å². The zero-order valence-corrected chi connectivity index (χ0v) is 12.2. The van der Waals surface area contributed by atoms with Crippen LogP contribution in [0.4, 0.5) is 10.3 Å². The average Bonchev–Trinajstić information content (AvgIpc) is 2.96. The van der Waals surface area contributed by atoms with Crippen molar-refractivity contribution in [3.63, 3.8) is 0 Å². The van der Waals surface area contributed by atoms with E-state index in [1.807, 2.05) is 9.95 Å². The summed E-state index contributed by atoms with van der Waals surface area (Å²) in [6.45, 7) is 0.636. The largest absolute Gasteiger partial charge is 0.369 e. The van der Waals surface area contributed by atoms with Gasteiger partial charge in [-0.05, 0) is 22.0 Å². The van der Waals surface area contributed by atoms with Gasteiger partial charge in [0.2, 0.25) is 5.95 Å². The number of imidazole rings is 1. The maximum Gasteiger partial charge on any atom is 0.201 e. The second-order valence-electron chi connectivity index (χ2n) is 4.05. The van der Waals surface area contributed by atoms with Gasteiger partial charge in [0, 0.05) is 30.6 Å². The van der Waals surface area contributed by atoms with Crippen molar-refractivity contribution in [2.24, 2.45) is 0 Å². The third-order valence-electron chi connectivity index (χ3n) is 2.85. The Labute approximate surface area is 121 Å². The summed E-state index contributed by atoms with van der Waals surface area (Å²) >= 11 is 4.74. The first kappa shape index (κ1) is 12.6. The van der Waals surface area contributed by atoms with E-state index in [2.05, 4.69) is 25.9 Å². The predicted molar refractivity (Wildman–Crippen MR) is 77.6 cm³/mol. The van der Waals surface area contributed by atoms with Crippen molar-refractivity contribution in [1.29, 1.82) is 0 Å². The van der Waals surface area contributed by atoms with Gasteiger partial charge in [-0.2, -0.15) is 0 Å². The van der Waals surface area contributed by atoms with Gasteiger partial charge in [0.1, 0.15) is 5.82 Å². The Morgan fingerprint density at radius 3 is 3.00 bits per heavy atom. The van der Waals surface area contributed by atoms with Gasteiger partial charge in [0.05, 0.1) is 20.5 Å². The summed E-state index contributed by atoms with van der Waals surface area (Å²) in [5.41, 5.74) is 7.28. The number of hydrogen-bond donors (Lipinski definition) is 1. The minimum Gasteiger partial charge on any atom is -0.369 e. The van der Waals surface area contributed by atoms with Gasteiger partial charge in [-0.3, -0.25) is 0 Å². The standard InChI is InChI=1S/C12H10BrFN4S/c13-7-5-9-10(6-8(7)14)18(12(15)17-9)3-1-11-16-2-4-19-11/h2,4-6H,1,3H2,(H2,15,17). The van der Waals surface area contributed by atoms with Gasteiger partial charge in [-0.15, -0.1) is 11.3 Å². The number of fused-ring (bicyclic) bond motifs is 1. The maximum absolute atomic E-state index is 13.6. The summed E-state index contributed by atoms with van der Waals surface area (Å²) < 4.78 is 15.8. The number of aryl methyl sites for hydroxylation is 2. The van der Waals surface area contributed by atoms with E-state index >= 15 is 0 Å². The molecule has 0 saturated carbocycles. The first-order valence-corrected chi connectivity index (χ1v) is 7.31. The molecule has 3 rings (SSSR count). The molecule has 0 aliphatic rings. The number of benzene rings is 1. The molecule has 4 nitrogen and oxygen atoms in total. The average molecular weight is 341 g/mol. The number of anilines is 1. The van der Waals surface area contributed by atoms with Crippen molar-refractivity contribution in [3.05, 3.63) is 39.0 Å². The minimum atomic E-state index is -0.317. The van der Waals surface area contributed by atoms with E-state index in [-0.39, 0.29) is 5.82 Å². The molecule has 7 heteroatoms. The molecule has 0 fully saturated rings. The lowest BCUT2D eigenvalue weighted by atomic mass is 10.3. The van der Waals surface area contributed by atoms with Crippen molar-refractivity contribution in [1.82, 2.24) is 14.5 Å². The third-order valence-corrected chi connectivity index (χ3v) is 4.30. The van der Waals surface area contributed by atoms with E-state index in [1.165, 1.54) is 6.07 Å². The number of thiazole rings is 1. The minimum absolute atomic E-state index is 0.317. The second kappa shape index (κ2) is 4.90. The van der Waals surface area contributed by atoms with Crippen molar-refractivity contribution in [2.45, 2.75) is 13.0 Å². The lowest BCUT2D eigenvalue weighted by Gasteiger charge is -2.05. The monoisotopic (exact) mass is 340 g/mol. The van der Waals surface area contributed by atoms with Crippen molar-refractivity contribution >= 4 is 44.2 Å². The highest BCUT2D eigenvalue weighted by Crippen LogP contribution is 2.25. The molecular weight excluding hydrogens is 331 g/mol. The van der Waals surface area contributed by atoms with Crippen LogP contribution in [0.3, 0.4) is 0 Å². The fourth-order valence-electron chi connectivity index (χ4n) is 1.96. The molecule has 98 valence electrons. The van der Waals surface area contributed by atoms with Gasteiger partial charge in [0.15, 0.2) is 0 Å². The topological polar surface area (TPSA) is 56.7 Å². The summed E-state index contributed by atoms with van der Waals surface area (Å²) in [5.74, 6) is 0.0759. The first-order chi connectivity index (χ1) is 9.15. The molecule has 0 amide bonds. The Hall–Kier alpha value is -1.47. The Balaban J connectivity index is 1.98. The van der Waals surface area contributed by atoms with Crippen molar-refractivity contribution in [2.75, 3.05) is 5.73 Å². The quantitative estimate of drug-likeness (QED) is 0.796. The van der Waals surface area contributed by atoms with Crippen LogP contribution in [0.2, 0.25) is 0 Å². The number of nitrogens with two attached hydrogens (primary N) is 1. The molecule has 0 spiro atoms. The highest BCUT2D eigenvalue weighted by molar-refractivity contribution is 9.10. The van der Waals surface area contributed by atoms with Crippen LogP contribution < -0.4 is 5.73 Å². The number of aromatic nitrogens is 3. The van der Waals surface area contributed by atoms with Crippen LogP contribution in [0.1, 0.15) is 5.01 Å². The van der Waals surface area contributed by atoms with Crippen LogP contribution >= 0.6 is 27.3 Å². The van der Waals surface area contributed by atoms with E-state index in [4.69, 9.17) is 5.73 Å². The van der Waals surface area contributed by atoms with Crippen LogP contribution in [0.5, 0.6) is 0 Å². The smallest absolute Gasteiger partial charge is 0.201 e. The Kier molecular flexibility index (Phi) is 3.24. The van der Waals surface area contributed by atoms with Gasteiger partial charge < -0.3 is 10.3 Å². The maximum atomic E-state index is 13.6. The zero-order valence-electron chi connectivity index (χ0n) is 9.81. The molecule has 0 saturated heterocycles. The number of hydrogen-bond acceptors (Lipinski definition) is 4. The van der Waals surface area contributed by atoms with E-state index in [1.54, 1.807) is 23.6 Å². The lowest BCUT2D eigenvalue weighted by Crippen LogP contribution is -2.05. The van der Waals surface area contributed by atoms with Crippen molar-refractivity contribution < 1.29 is 4.39 Å². The fraction of sp³-hybridized carbons (Fsp3) is 0.167. The summed E-state index contributed by atoms with van der Waals surface area (Å²) in [7, 11) is 0. The summed E-state index contributed by atoms with van der Waals surface area (Å²) in [6, 6.07) is 3.09. The predicted octanol–water partition coefficient (Wildman–Crippen LogP) is 3.22. The molecule has 1 aromatic carbocycles. The molecule has 0 radical (unpaired) electrons. The highest BCUT2D eigenvalue weighted by Gasteiger charge is 2.11. The number of nitrogens with zero attached hydrogens (tertiary/aromatic N) is 3. The van der Waals surface area contributed by atoms with E-state index in [9.17, 15) is 4.39 Å². The Morgan fingerprint density at radius 1 is 1.42 bits per heavy atom. The molecule has 0 aliphatic carbocycles. The normalized spacial score (nSPS) is 11.3. The molecule has 0 bridgehead atoms. The van der Waals surface area contributed by atoms with Gasteiger partial charge in [-0.1, -0.05) is 0 Å². The van der Waals surface area contributed by atoms with Gasteiger partial charge in [0.25, 0.3) is 0 Å². The van der Waals surface area contributed by atoms with Crippen LogP contribution in [-0.4, -0.2) is 14.5 Å². The Bertz CT molecular complexity index is 723. The number of halogens is 2. The number of rotatable bonds is 3. The SMILES string of the molecule is Nc1nc2cc(Br)c(F)cc2n1CCc1nccs1. The molecule has 0 aliphatic heterocycles. The summed E-state index contributed by atoms with van der Waals surface area (Å²) in [6.07, 6.45) is 2.52. The molecule has 0 unspecified atom stereocenters. The van der Waals surface area contributed by atoms with E-state index in [0.29, 0.717) is 28.0 Å². The van der Waals surface area contributed by atoms with Gasteiger partial charge >= 0.3 is 0 Å².